The van der Waals surface area contributed by atoms with Gasteiger partial charge in [-0.2, -0.15) is 13.2 Å². The summed E-state index contributed by atoms with van der Waals surface area (Å²) in [7, 11) is 0. The average molecular weight is 478 g/mol. The molecule has 2 N–H and O–H groups in total. The number of carbonyl (C=O) groups excluding carboxylic acids is 1. The first-order valence-corrected chi connectivity index (χ1v) is 12.0. The second-order valence-electron chi connectivity index (χ2n) is 8.75. The molecule has 2 aromatic rings. The highest BCUT2D eigenvalue weighted by Crippen LogP contribution is 2.35. The molecule has 0 aliphatic carbocycles. The first-order chi connectivity index (χ1) is 16.3. The van der Waals surface area contributed by atoms with Gasteiger partial charge in [0.25, 0.3) is 0 Å². The fourth-order valence-electron chi connectivity index (χ4n) is 4.39. The average Bonchev–Trinajstić information content (AvgIpc) is 2.82. The van der Waals surface area contributed by atoms with Crippen LogP contribution in [0.4, 0.5) is 23.7 Å². The van der Waals surface area contributed by atoms with Crippen molar-refractivity contribution in [3.05, 3.63) is 59.7 Å². The fraction of sp³-hybridized carbons (Fsp3) is 0.500. The van der Waals surface area contributed by atoms with E-state index < -0.39 is 11.7 Å². The Labute approximate surface area is 199 Å². The van der Waals surface area contributed by atoms with Gasteiger partial charge in [-0.25, -0.2) is 4.79 Å². The van der Waals surface area contributed by atoms with E-state index >= 15 is 0 Å². The van der Waals surface area contributed by atoms with E-state index in [1.807, 2.05) is 31.2 Å². The Bertz CT molecular complexity index is 901. The molecule has 0 aromatic heterocycles. The summed E-state index contributed by atoms with van der Waals surface area (Å²) in [5, 5.41) is 5.52. The third-order valence-corrected chi connectivity index (χ3v) is 6.23. The van der Waals surface area contributed by atoms with Gasteiger partial charge in [0.05, 0.1) is 12.2 Å². The van der Waals surface area contributed by atoms with Gasteiger partial charge in [-0.05, 0) is 80.7 Å². The van der Waals surface area contributed by atoms with Gasteiger partial charge < -0.3 is 20.3 Å². The lowest BCUT2D eigenvalue weighted by Gasteiger charge is -2.39. The fourth-order valence-corrected chi connectivity index (χ4v) is 4.39. The van der Waals surface area contributed by atoms with Crippen molar-refractivity contribution in [1.29, 1.82) is 0 Å². The number of halogens is 3. The Kier molecular flexibility index (Phi) is 9.21. The van der Waals surface area contributed by atoms with E-state index in [0.29, 0.717) is 18.9 Å². The molecular weight excluding hydrogens is 443 g/mol. The maximum atomic E-state index is 12.8. The van der Waals surface area contributed by atoms with E-state index in [-0.39, 0.29) is 17.9 Å². The number of rotatable bonds is 9. The van der Waals surface area contributed by atoms with Gasteiger partial charge in [-0.15, -0.1) is 0 Å². The Morgan fingerprint density at radius 1 is 1.09 bits per heavy atom. The Balaban J connectivity index is 1.68. The molecule has 3 rings (SSSR count). The maximum absolute atomic E-state index is 12.8. The van der Waals surface area contributed by atoms with Gasteiger partial charge in [0.15, 0.2) is 0 Å². The minimum Gasteiger partial charge on any atom is -0.493 e. The number of hydrogen-bond donors (Lipinski definition) is 2. The largest absolute Gasteiger partial charge is 0.493 e. The summed E-state index contributed by atoms with van der Waals surface area (Å²) in [5.41, 5.74) is 1.23. The van der Waals surface area contributed by atoms with Crippen LogP contribution in [0.3, 0.4) is 0 Å². The molecule has 2 amide bonds. The third-order valence-electron chi connectivity index (χ3n) is 6.23. The molecule has 1 heterocycles. The van der Waals surface area contributed by atoms with E-state index in [1.165, 1.54) is 17.7 Å². The number of carbonyl (C=O) groups is 1. The van der Waals surface area contributed by atoms with Crippen LogP contribution in [0.25, 0.3) is 0 Å². The predicted octanol–water partition coefficient (Wildman–Crippen LogP) is 6.13. The number of ether oxygens (including phenoxy) is 1. The maximum Gasteiger partial charge on any atom is 0.416 e. The number of piperidine rings is 1. The summed E-state index contributed by atoms with van der Waals surface area (Å²) >= 11 is 0. The van der Waals surface area contributed by atoms with Crippen molar-refractivity contribution >= 4 is 11.7 Å². The highest BCUT2D eigenvalue weighted by atomic mass is 19.4. The number of anilines is 1. The summed E-state index contributed by atoms with van der Waals surface area (Å²) in [6.45, 7) is 7.94. The number of amides is 2. The first-order valence-electron chi connectivity index (χ1n) is 12.0. The van der Waals surface area contributed by atoms with Crippen molar-refractivity contribution < 1.29 is 22.7 Å². The van der Waals surface area contributed by atoms with Crippen LogP contribution in [-0.2, 0) is 6.18 Å². The molecule has 5 nitrogen and oxygen atoms in total. The van der Waals surface area contributed by atoms with Crippen molar-refractivity contribution in [3.63, 3.8) is 0 Å². The minimum atomic E-state index is -4.36. The number of alkyl halides is 3. The van der Waals surface area contributed by atoms with Crippen LogP contribution in [0, 0.1) is 5.92 Å². The summed E-state index contributed by atoms with van der Waals surface area (Å²) in [6, 6.07) is 12.5. The van der Waals surface area contributed by atoms with E-state index in [9.17, 15) is 18.0 Å². The highest BCUT2D eigenvalue weighted by Gasteiger charge is 2.32. The van der Waals surface area contributed by atoms with Crippen LogP contribution < -0.4 is 15.4 Å². The monoisotopic (exact) mass is 477 g/mol. The van der Waals surface area contributed by atoms with E-state index in [1.54, 1.807) is 0 Å². The van der Waals surface area contributed by atoms with Crippen LogP contribution in [0.5, 0.6) is 5.75 Å². The number of nitrogens with zero attached hydrogens (tertiary/aromatic N) is 1. The summed E-state index contributed by atoms with van der Waals surface area (Å²) < 4.78 is 44.5. The summed E-state index contributed by atoms with van der Waals surface area (Å²) in [6.07, 6.45) is -1.11. The summed E-state index contributed by atoms with van der Waals surface area (Å²) in [4.78, 5) is 14.2. The molecule has 8 heteroatoms. The number of hydrogen-bond acceptors (Lipinski definition) is 3. The molecule has 0 bridgehead atoms. The molecule has 2 atom stereocenters. The molecule has 1 saturated heterocycles. The van der Waals surface area contributed by atoms with E-state index in [2.05, 4.69) is 22.5 Å². The molecular formula is C26H34F3N3O2. The molecule has 0 radical (unpaired) electrons. The van der Waals surface area contributed by atoms with E-state index in [4.69, 9.17) is 4.74 Å². The van der Waals surface area contributed by atoms with Gasteiger partial charge in [-0.3, -0.25) is 0 Å². The topological polar surface area (TPSA) is 53.6 Å². The van der Waals surface area contributed by atoms with Gasteiger partial charge in [-0.1, -0.05) is 25.5 Å². The van der Waals surface area contributed by atoms with Crippen LogP contribution >= 0.6 is 0 Å². The molecule has 186 valence electrons. The standard InChI is InChI=1S/C26H34F3N3O2/c1-3-5-15-32-16-14-24(19-6-10-22(11-7-19)31-25(33)30-4-2)20(17-32)18-34-23-12-8-21(9-13-23)26(27,28)29/h6-13,20,24H,3-5,14-18H2,1-2H3,(H2,30,31,33). The van der Waals surface area contributed by atoms with Crippen molar-refractivity contribution in [3.8, 4) is 5.75 Å². The molecule has 0 spiro atoms. The van der Waals surface area contributed by atoms with Gasteiger partial charge in [0, 0.05) is 24.7 Å². The van der Waals surface area contributed by atoms with Crippen LogP contribution in [0.2, 0.25) is 0 Å². The SMILES string of the molecule is CCCCN1CCC(c2ccc(NC(=O)NCC)cc2)C(COc2ccc(C(F)(F)F)cc2)C1. The van der Waals surface area contributed by atoms with Crippen molar-refractivity contribution in [2.24, 2.45) is 5.92 Å². The zero-order valence-electron chi connectivity index (χ0n) is 19.8. The van der Waals surface area contributed by atoms with Crippen LogP contribution in [0.15, 0.2) is 48.5 Å². The molecule has 2 aromatic carbocycles. The van der Waals surface area contributed by atoms with Gasteiger partial charge >= 0.3 is 12.2 Å². The zero-order valence-corrected chi connectivity index (χ0v) is 19.8. The van der Waals surface area contributed by atoms with Crippen molar-refractivity contribution in [2.75, 3.05) is 38.1 Å². The molecule has 1 aliphatic heterocycles. The Morgan fingerprint density at radius 3 is 2.41 bits per heavy atom. The number of benzene rings is 2. The molecule has 1 fully saturated rings. The number of likely N-dealkylation sites (tertiary alicyclic amines) is 1. The normalized spacial score (nSPS) is 19.0. The van der Waals surface area contributed by atoms with E-state index in [0.717, 1.165) is 56.7 Å². The van der Waals surface area contributed by atoms with Crippen molar-refractivity contribution in [1.82, 2.24) is 10.2 Å². The highest BCUT2D eigenvalue weighted by molar-refractivity contribution is 5.89. The second-order valence-corrected chi connectivity index (χ2v) is 8.75. The van der Waals surface area contributed by atoms with Crippen LogP contribution in [-0.4, -0.2) is 43.7 Å². The minimum absolute atomic E-state index is 0.204. The molecule has 2 unspecified atom stereocenters. The Hall–Kier alpha value is -2.74. The quantitative estimate of drug-likeness (QED) is 0.457. The zero-order chi connectivity index (χ0) is 24.6. The molecule has 1 aliphatic rings. The second kappa shape index (κ2) is 12.1. The first kappa shape index (κ1) is 25.9. The van der Waals surface area contributed by atoms with Gasteiger partial charge in [0.2, 0.25) is 0 Å². The van der Waals surface area contributed by atoms with Crippen LogP contribution in [0.1, 0.15) is 50.2 Å². The molecule has 0 saturated carbocycles. The predicted molar refractivity (Wildman–Crippen MR) is 128 cm³/mol. The lowest BCUT2D eigenvalue weighted by Crippen LogP contribution is -2.42. The van der Waals surface area contributed by atoms with Crippen molar-refractivity contribution in [2.45, 2.75) is 45.2 Å². The number of nitrogens with one attached hydrogen (secondary N) is 2. The smallest absolute Gasteiger partial charge is 0.416 e. The lowest BCUT2D eigenvalue weighted by molar-refractivity contribution is -0.137. The lowest BCUT2D eigenvalue weighted by atomic mass is 9.80. The summed E-state index contributed by atoms with van der Waals surface area (Å²) in [5.74, 6) is 0.917. The Morgan fingerprint density at radius 2 is 1.79 bits per heavy atom. The van der Waals surface area contributed by atoms with Gasteiger partial charge in [0.1, 0.15) is 5.75 Å². The number of unbranched alkanes of at least 4 members (excludes halogenated alkanes) is 1. The number of urea groups is 1. The third kappa shape index (κ3) is 7.38. The molecule has 34 heavy (non-hydrogen) atoms.